The van der Waals surface area contributed by atoms with Crippen molar-refractivity contribution in [1.29, 1.82) is 0 Å². The van der Waals surface area contributed by atoms with Gasteiger partial charge in [0.15, 0.2) is 5.78 Å². The van der Waals surface area contributed by atoms with Gasteiger partial charge in [-0.2, -0.15) is 8.42 Å². The molecule has 1 heterocycles. The maximum atomic E-state index is 12.3. The van der Waals surface area contributed by atoms with Gasteiger partial charge in [0.1, 0.15) is 11.5 Å². The lowest BCUT2D eigenvalue weighted by Crippen LogP contribution is -2.29. The summed E-state index contributed by atoms with van der Waals surface area (Å²) in [6, 6.07) is 15.0. The van der Waals surface area contributed by atoms with Crippen molar-refractivity contribution >= 4 is 15.9 Å². The molecule has 1 atom stereocenters. The Kier molecular flexibility index (Phi) is 5.50. The van der Waals surface area contributed by atoms with Crippen molar-refractivity contribution in [3.05, 3.63) is 65.7 Å². The highest BCUT2D eigenvalue weighted by Crippen LogP contribution is 2.20. The van der Waals surface area contributed by atoms with Gasteiger partial charge in [-0.1, -0.05) is 30.3 Å². The smallest absolute Gasteiger partial charge is 0.311 e. The molecule has 0 bridgehead atoms. The highest BCUT2D eigenvalue weighted by Gasteiger charge is 2.23. The van der Waals surface area contributed by atoms with Crippen LogP contribution in [-0.2, 0) is 14.9 Å². The van der Waals surface area contributed by atoms with Crippen molar-refractivity contribution in [2.24, 2.45) is 0 Å². The van der Waals surface area contributed by atoms with E-state index in [0.717, 1.165) is 19.3 Å². The van der Waals surface area contributed by atoms with Crippen LogP contribution in [0, 0.1) is 0 Å². The second-order valence-electron chi connectivity index (χ2n) is 6.02. The minimum atomic E-state index is -3.73. The molecule has 0 N–H and O–H groups in total. The zero-order chi connectivity index (χ0) is 17.7. The van der Waals surface area contributed by atoms with Crippen LogP contribution in [0.2, 0.25) is 0 Å². The number of carbonyl (C=O) groups excluding carboxylic acids is 1. The van der Waals surface area contributed by atoms with Crippen LogP contribution in [0.5, 0.6) is 5.75 Å². The molecule has 0 spiro atoms. The van der Waals surface area contributed by atoms with Crippen LogP contribution in [0.4, 0.5) is 0 Å². The molecule has 0 saturated carbocycles. The van der Waals surface area contributed by atoms with E-state index in [1.54, 1.807) is 36.4 Å². The van der Waals surface area contributed by atoms with Crippen molar-refractivity contribution in [3.8, 4) is 5.75 Å². The van der Waals surface area contributed by atoms with Gasteiger partial charge < -0.3 is 8.92 Å². The van der Waals surface area contributed by atoms with Gasteiger partial charge in [-0.25, -0.2) is 0 Å². The van der Waals surface area contributed by atoms with Gasteiger partial charge in [0, 0.05) is 17.7 Å². The quantitative estimate of drug-likeness (QED) is 0.584. The van der Waals surface area contributed by atoms with Gasteiger partial charge in [-0.15, -0.1) is 0 Å². The molecule has 1 aliphatic rings. The molecule has 1 saturated heterocycles. The molecule has 1 fully saturated rings. The molecule has 5 nitrogen and oxygen atoms in total. The van der Waals surface area contributed by atoms with Gasteiger partial charge in [-0.05, 0) is 43.5 Å². The van der Waals surface area contributed by atoms with Gasteiger partial charge in [0.25, 0.3) is 0 Å². The van der Waals surface area contributed by atoms with E-state index in [4.69, 9.17) is 8.92 Å². The Labute approximate surface area is 147 Å². The first-order chi connectivity index (χ1) is 12.0. The molecule has 0 radical (unpaired) electrons. The average molecular weight is 360 g/mol. The molecule has 1 unspecified atom stereocenters. The Morgan fingerprint density at radius 2 is 1.68 bits per heavy atom. The minimum Gasteiger partial charge on any atom is -0.382 e. The summed E-state index contributed by atoms with van der Waals surface area (Å²) in [7, 11) is -3.73. The molecular weight excluding hydrogens is 340 g/mol. The van der Waals surface area contributed by atoms with Crippen molar-refractivity contribution in [2.45, 2.75) is 25.4 Å². The molecule has 0 aromatic heterocycles. The van der Waals surface area contributed by atoms with Crippen LogP contribution >= 0.6 is 0 Å². The Balaban J connectivity index is 1.65. The van der Waals surface area contributed by atoms with E-state index in [-0.39, 0.29) is 23.4 Å². The van der Waals surface area contributed by atoms with Crippen molar-refractivity contribution < 1.29 is 22.1 Å². The van der Waals surface area contributed by atoms with Crippen LogP contribution in [-0.4, -0.2) is 32.7 Å². The number of hydrogen-bond donors (Lipinski definition) is 0. The van der Waals surface area contributed by atoms with E-state index in [0.29, 0.717) is 17.7 Å². The predicted molar refractivity (Wildman–Crippen MR) is 94.3 cm³/mol. The third-order valence-corrected chi connectivity index (χ3v) is 5.27. The van der Waals surface area contributed by atoms with E-state index in [1.807, 2.05) is 6.07 Å². The lowest BCUT2D eigenvalue weighted by molar-refractivity contribution is 0.0298. The number of rotatable bonds is 6. The molecule has 0 aliphatic carbocycles. The SMILES string of the molecule is O=C(c1ccccc1)c1ccc(OS(=O)(=O)CC2CCCCO2)cc1. The maximum absolute atomic E-state index is 12.3. The molecule has 2 aromatic carbocycles. The van der Waals surface area contributed by atoms with Gasteiger partial charge >= 0.3 is 10.1 Å². The number of carbonyl (C=O) groups is 1. The fraction of sp³-hybridized carbons (Fsp3) is 0.316. The Morgan fingerprint density at radius 1 is 1.00 bits per heavy atom. The molecular formula is C19H20O5S. The Hall–Kier alpha value is -2.18. The van der Waals surface area contributed by atoms with Crippen LogP contribution < -0.4 is 4.18 Å². The van der Waals surface area contributed by atoms with Crippen LogP contribution in [0.1, 0.15) is 35.2 Å². The molecule has 3 rings (SSSR count). The third-order valence-electron chi connectivity index (χ3n) is 4.04. The number of ketones is 1. The highest BCUT2D eigenvalue weighted by atomic mass is 32.2. The summed E-state index contributed by atoms with van der Waals surface area (Å²) < 4.78 is 34.9. The number of hydrogen-bond acceptors (Lipinski definition) is 5. The second kappa shape index (κ2) is 7.80. The zero-order valence-corrected chi connectivity index (χ0v) is 14.6. The third kappa shape index (κ3) is 4.90. The molecule has 132 valence electrons. The predicted octanol–water partition coefficient (Wildman–Crippen LogP) is 3.20. The topological polar surface area (TPSA) is 69.7 Å². The van der Waals surface area contributed by atoms with Crippen molar-refractivity contribution in [1.82, 2.24) is 0 Å². The van der Waals surface area contributed by atoms with Gasteiger partial charge in [0.05, 0.1) is 6.10 Å². The first-order valence-electron chi connectivity index (χ1n) is 8.27. The van der Waals surface area contributed by atoms with Gasteiger partial charge in [-0.3, -0.25) is 4.79 Å². The fourth-order valence-corrected chi connectivity index (χ4v) is 3.96. The Bertz CT molecular complexity index is 807. The lowest BCUT2D eigenvalue weighted by Gasteiger charge is -2.22. The summed E-state index contributed by atoms with van der Waals surface area (Å²) in [6.07, 6.45) is 2.36. The highest BCUT2D eigenvalue weighted by molar-refractivity contribution is 7.87. The molecule has 2 aromatic rings. The second-order valence-corrected chi connectivity index (χ2v) is 7.63. The average Bonchev–Trinajstić information content (AvgIpc) is 2.62. The molecule has 0 amide bonds. The van der Waals surface area contributed by atoms with E-state index >= 15 is 0 Å². The zero-order valence-electron chi connectivity index (χ0n) is 13.8. The van der Waals surface area contributed by atoms with E-state index in [1.165, 1.54) is 12.1 Å². The Morgan fingerprint density at radius 3 is 2.32 bits per heavy atom. The number of ether oxygens (including phenoxy) is 1. The van der Waals surface area contributed by atoms with Crippen molar-refractivity contribution in [3.63, 3.8) is 0 Å². The van der Waals surface area contributed by atoms with E-state index in [2.05, 4.69) is 0 Å². The summed E-state index contributed by atoms with van der Waals surface area (Å²) in [4.78, 5) is 12.3. The molecule has 25 heavy (non-hydrogen) atoms. The minimum absolute atomic E-state index is 0.120. The largest absolute Gasteiger partial charge is 0.382 e. The van der Waals surface area contributed by atoms with Gasteiger partial charge in [0.2, 0.25) is 0 Å². The molecule has 6 heteroatoms. The summed E-state index contributed by atoms with van der Waals surface area (Å²) >= 11 is 0. The standard InChI is InChI=1S/C19H20O5S/c20-19(15-6-2-1-3-7-15)16-9-11-17(12-10-16)24-25(21,22)14-18-8-4-5-13-23-18/h1-3,6-7,9-12,18H,4-5,8,13-14H2. The molecule has 1 aliphatic heterocycles. The van der Waals surface area contributed by atoms with E-state index < -0.39 is 10.1 Å². The normalized spacial score (nSPS) is 17.8. The monoisotopic (exact) mass is 360 g/mol. The van der Waals surface area contributed by atoms with Crippen LogP contribution in [0.25, 0.3) is 0 Å². The lowest BCUT2D eigenvalue weighted by atomic mass is 10.0. The fourth-order valence-electron chi connectivity index (χ4n) is 2.77. The summed E-state index contributed by atoms with van der Waals surface area (Å²) in [5.41, 5.74) is 1.06. The summed E-state index contributed by atoms with van der Waals surface area (Å²) in [5.74, 6) is -0.0800. The number of benzene rings is 2. The maximum Gasteiger partial charge on any atom is 0.311 e. The summed E-state index contributed by atoms with van der Waals surface area (Å²) in [6.45, 7) is 0.594. The van der Waals surface area contributed by atoms with Crippen LogP contribution in [0.15, 0.2) is 54.6 Å². The summed E-state index contributed by atoms with van der Waals surface area (Å²) in [5, 5.41) is 0. The first-order valence-corrected chi connectivity index (χ1v) is 9.85. The van der Waals surface area contributed by atoms with Crippen molar-refractivity contribution in [2.75, 3.05) is 12.4 Å². The van der Waals surface area contributed by atoms with Crippen LogP contribution in [0.3, 0.4) is 0 Å². The first kappa shape index (κ1) is 17.6. The van der Waals surface area contributed by atoms with E-state index in [9.17, 15) is 13.2 Å².